The van der Waals surface area contributed by atoms with E-state index in [9.17, 15) is 4.79 Å². The van der Waals surface area contributed by atoms with E-state index in [4.69, 9.17) is 4.42 Å². The molecule has 2 N–H and O–H groups in total. The number of aromatic amines is 1. The molecule has 1 fully saturated rings. The molecule has 3 heterocycles. The van der Waals surface area contributed by atoms with Crippen LogP contribution in [0.5, 0.6) is 0 Å². The van der Waals surface area contributed by atoms with E-state index in [2.05, 4.69) is 46.4 Å². The van der Waals surface area contributed by atoms with Crippen molar-refractivity contribution in [2.45, 2.75) is 38.6 Å². The van der Waals surface area contributed by atoms with E-state index in [-0.39, 0.29) is 11.9 Å². The molecule has 4 rings (SSSR count). The zero-order valence-corrected chi connectivity index (χ0v) is 16.0. The van der Waals surface area contributed by atoms with Crippen molar-refractivity contribution >= 4 is 16.8 Å². The van der Waals surface area contributed by atoms with Crippen LogP contribution in [0.3, 0.4) is 0 Å². The average molecular weight is 365 g/mol. The first kappa shape index (κ1) is 17.9. The van der Waals surface area contributed by atoms with E-state index in [1.165, 1.54) is 22.2 Å². The molecule has 142 valence electrons. The molecule has 0 radical (unpaired) electrons. The number of hydrogen-bond acceptors (Lipinski definition) is 3. The van der Waals surface area contributed by atoms with Crippen LogP contribution < -0.4 is 5.32 Å². The van der Waals surface area contributed by atoms with Crippen molar-refractivity contribution < 1.29 is 9.21 Å². The predicted octanol–water partition coefficient (Wildman–Crippen LogP) is 4.13. The summed E-state index contributed by atoms with van der Waals surface area (Å²) in [5, 5.41) is 4.37. The number of amides is 1. The minimum atomic E-state index is -0.0982. The molecule has 1 saturated heterocycles. The second-order valence-corrected chi connectivity index (χ2v) is 7.56. The van der Waals surface area contributed by atoms with Gasteiger partial charge < -0.3 is 14.7 Å². The Bertz CT molecular complexity index is 905. The van der Waals surface area contributed by atoms with Gasteiger partial charge in [0.1, 0.15) is 5.76 Å². The summed E-state index contributed by atoms with van der Waals surface area (Å²) in [5.41, 5.74) is 3.96. The highest BCUT2D eigenvalue weighted by Gasteiger charge is 2.25. The number of hydrogen-bond donors (Lipinski definition) is 2. The number of piperidine rings is 1. The van der Waals surface area contributed by atoms with E-state index >= 15 is 0 Å². The normalized spacial score (nSPS) is 17.3. The Hall–Kier alpha value is -2.53. The lowest BCUT2D eigenvalue weighted by atomic mass is 9.87. The molecule has 1 aliphatic rings. The second kappa shape index (κ2) is 7.61. The highest BCUT2D eigenvalue weighted by molar-refractivity contribution is 5.85. The molecule has 1 aliphatic heterocycles. The van der Waals surface area contributed by atoms with Crippen molar-refractivity contribution in [1.29, 1.82) is 0 Å². The second-order valence-electron chi connectivity index (χ2n) is 7.56. The number of carbonyl (C=O) groups excluding carboxylic acids is 1. The van der Waals surface area contributed by atoms with Crippen LogP contribution in [0.1, 0.15) is 48.7 Å². The molecule has 2 aromatic heterocycles. The number of para-hydroxylation sites is 1. The summed E-state index contributed by atoms with van der Waals surface area (Å²) in [7, 11) is 0. The largest absolute Gasteiger partial charge is 0.467 e. The summed E-state index contributed by atoms with van der Waals surface area (Å²) < 4.78 is 5.36. The van der Waals surface area contributed by atoms with Crippen molar-refractivity contribution in [3.63, 3.8) is 0 Å². The van der Waals surface area contributed by atoms with Gasteiger partial charge in [-0.3, -0.25) is 9.69 Å². The quantitative estimate of drug-likeness (QED) is 0.715. The smallest absolute Gasteiger partial charge is 0.234 e. The van der Waals surface area contributed by atoms with Crippen LogP contribution in [0, 0.1) is 6.92 Å². The molecule has 5 nitrogen and oxygen atoms in total. The molecule has 0 aliphatic carbocycles. The summed E-state index contributed by atoms with van der Waals surface area (Å²) >= 11 is 0. The van der Waals surface area contributed by atoms with Crippen molar-refractivity contribution in [2.75, 3.05) is 19.6 Å². The lowest BCUT2D eigenvalue weighted by Gasteiger charge is -2.32. The monoisotopic (exact) mass is 365 g/mol. The van der Waals surface area contributed by atoms with E-state index in [0.29, 0.717) is 12.5 Å². The first-order chi connectivity index (χ1) is 13.1. The van der Waals surface area contributed by atoms with Crippen LogP contribution in [0.4, 0.5) is 0 Å². The highest BCUT2D eigenvalue weighted by Crippen LogP contribution is 2.35. The standard InChI is InChI=1S/C22H27N3O2/c1-15(20-8-5-13-27-20)24-21(26)14-25-11-9-17(10-12-25)22-16(2)23-19-7-4-3-6-18(19)22/h3-8,13,15,17,23H,9-12,14H2,1-2H3,(H,24,26)/t15-/m0/s1. The number of carbonyl (C=O) groups is 1. The zero-order chi connectivity index (χ0) is 18.8. The van der Waals surface area contributed by atoms with E-state index in [1.54, 1.807) is 6.26 Å². The number of nitrogens with one attached hydrogen (secondary N) is 2. The number of nitrogens with zero attached hydrogens (tertiary/aromatic N) is 1. The molecule has 0 unspecified atom stereocenters. The number of likely N-dealkylation sites (tertiary alicyclic amines) is 1. The van der Waals surface area contributed by atoms with Gasteiger partial charge in [-0.25, -0.2) is 0 Å². The molecule has 0 spiro atoms. The fourth-order valence-electron chi connectivity index (χ4n) is 4.30. The molecule has 0 saturated carbocycles. The predicted molar refractivity (Wildman–Crippen MR) is 107 cm³/mol. The van der Waals surface area contributed by atoms with Gasteiger partial charge in [0.15, 0.2) is 0 Å². The maximum atomic E-state index is 12.4. The van der Waals surface area contributed by atoms with Crippen LogP contribution in [0.25, 0.3) is 10.9 Å². The SMILES string of the molecule is Cc1[nH]c2ccccc2c1C1CCN(CC(=O)N[C@@H](C)c2ccco2)CC1. The van der Waals surface area contributed by atoms with Gasteiger partial charge in [-0.2, -0.15) is 0 Å². The van der Waals surface area contributed by atoms with Crippen LogP contribution in [0.2, 0.25) is 0 Å². The zero-order valence-electron chi connectivity index (χ0n) is 16.0. The molecule has 0 bridgehead atoms. The average Bonchev–Trinajstić information content (AvgIpc) is 3.29. The number of benzene rings is 1. The van der Waals surface area contributed by atoms with Crippen molar-refractivity contribution in [3.8, 4) is 0 Å². The Morgan fingerprint density at radius 3 is 2.78 bits per heavy atom. The molecule has 3 aromatic rings. The number of aromatic nitrogens is 1. The Labute approximate surface area is 159 Å². The molecule has 5 heteroatoms. The van der Waals surface area contributed by atoms with Gasteiger partial charge >= 0.3 is 0 Å². The third-order valence-electron chi connectivity index (χ3n) is 5.65. The summed E-state index contributed by atoms with van der Waals surface area (Å²) in [6.45, 7) is 6.47. The van der Waals surface area contributed by atoms with Crippen molar-refractivity contribution in [3.05, 3.63) is 59.7 Å². The molecule has 27 heavy (non-hydrogen) atoms. The topological polar surface area (TPSA) is 61.3 Å². The van der Waals surface area contributed by atoms with Gasteiger partial charge in [-0.1, -0.05) is 18.2 Å². The van der Waals surface area contributed by atoms with Gasteiger partial charge in [0.05, 0.1) is 18.8 Å². The number of rotatable bonds is 5. The van der Waals surface area contributed by atoms with Crippen LogP contribution in [-0.4, -0.2) is 35.4 Å². The Kier molecular flexibility index (Phi) is 5.03. The number of fused-ring (bicyclic) bond motifs is 1. The first-order valence-corrected chi connectivity index (χ1v) is 9.74. The number of furan rings is 1. The Morgan fingerprint density at radius 2 is 2.04 bits per heavy atom. The molecule has 1 atom stereocenters. The van der Waals surface area contributed by atoms with E-state index in [0.717, 1.165) is 31.7 Å². The van der Waals surface area contributed by atoms with E-state index < -0.39 is 0 Å². The number of aryl methyl sites for hydroxylation is 1. The van der Waals surface area contributed by atoms with E-state index in [1.807, 2.05) is 19.1 Å². The lowest BCUT2D eigenvalue weighted by molar-refractivity contribution is -0.123. The third-order valence-corrected chi connectivity index (χ3v) is 5.65. The minimum absolute atomic E-state index is 0.0561. The van der Waals surface area contributed by atoms with Gasteiger partial charge in [0.25, 0.3) is 0 Å². The molecular formula is C22H27N3O2. The fourth-order valence-corrected chi connectivity index (χ4v) is 4.30. The van der Waals surface area contributed by atoms with Crippen LogP contribution in [0.15, 0.2) is 47.1 Å². The highest BCUT2D eigenvalue weighted by atomic mass is 16.3. The van der Waals surface area contributed by atoms with Gasteiger partial charge in [0, 0.05) is 16.6 Å². The fraction of sp³-hybridized carbons (Fsp3) is 0.409. The summed E-state index contributed by atoms with van der Waals surface area (Å²) in [5.74, 6) is 1.40. The van der Waals surface area contributed by atoms with Crippen LogP contribution in [-0.2, 0) is 4.79 Å². The maximum Gasteiger partial charge on any atom is 0.234 e. The molecule has 1 amide bonds. The van der Waals surface area contributed by atoms with Crippen LogP contribution >= 0.6 is 0 Å². The van der Waals surface area contributed by atoms with Crippen molar-refractivity contribution in [2.24, 2.45) is 0 Å². The Morgan fingerprint density at radius 1 is 1.26 bits per heavy atom. The number of H-pyrrole nitrogens is 1. The molecule has 1 aromatic carbocycles. The first-order valence-electron chi connectivity index (χ1n) is 9.74. The minimum Gasteiger partial charge on any atom is -0.467 e. The van der Waals surface area contributed by atoms with Gasteiger partial charge in [0.2, 0.25) is 5.91 Å². The third kappa shape index (κ3) is 3.78. The van der Waals surface area contributed by atoms with Gasteiger partial charge in [-0.05, 0) is 69.5 Å². The molecular weight excluding hydrogens is 338 g/mol. The van der Waals surface area contributed by atoms with Crippen molar-refractivity contribution in [1.82, 2.24) is 15.2 Å². The maximum absolute atomic E-state index is 12.4. The lowest BCUT2D eigenvalue weighted by Crippen LogP contribution is -2.41. The summed E-state index contributed by atoms with van der Waals surface area (Å²) in [4.78, 5) is 18.1. The summed E-state index contributed by atoms with van der Waals surface area (Å²) in [6, 6.07) is 12.2. The summed E-state index contributed by atoms with van der Waals surface area (Å²) in [6.07, 6.45) is 3.81. The van der Waals surface area contributed by atoms with Gasteiger partial charge in [-0.15, -0.1) is 0 Å². The Balaban J connectivity index is 1.33.